The van der Waals surface area contributed by atoms with Gasteiger partial charge in [-0.3, -0.25) is 15.5 Å². The van der Waals surface area contributed by atoms with Gasteiger partial charge in [-0.15, -0.1) is 0 Å². The molecule has 0 spiro atoms. The third kappa shape index (κ3) is 2.61. The van der Waals surface area contributed by atoms with Gasteiger partial charge in [0, 0.05) is 17.2 Å². The van der Waals surface area contributed by atoms with Crippen molar-refractivity contribution in [1.29, 1.82) is 0 Å². The van der Waals surface area contributed by atoms with Crippen molar-refractivity contribution >= 4 is 17.1 Å². The van der Waals surface area contributed by atoms with Crippen LogP contribution in [0.2, 0.25) is 0 Å². The number of nitro benzene ring substituents is 1. The second-order valence-corrected chi connectivity index (χ2v) is 5.40. The molecule has 1 aliphatic rings. The molecule has 0 saturated carbocycles. The molecular formula is C16H14FN3O3. The van der Waals surface area contributed by atoms with Gasteiger partial charge < -0.3 is 5.11 Å². The highest BCUT2D eigenvalue weighted by atomic mass is 19.1. The standard InChI is InChI=1S/C16H14FN3O3/c1-9-8-12(16-14(21)7-6-10(17)15(9)16)19-18-11-4-2-3-5-13(11)20(22)23/h2-7,9,18,21H,8H2,1H3/b19-12+/t9-/m1/s1. The summed E-state index contributed by atoms with van der Waals surface area (Å²) in [7, 11) is 0. The first-order chi connectivity index (χ1) is 11.0. The average Bonchev–Trinajstić information content (AvgIpc) is 2.87. The van der Waals surface area contributed by atoms with Crippen molar-refractivity contribution in [3.63, 3.8) is 0 Å². The van der Waals surface area contributed by atoms with E-state index in [-0.39, 0.29) is 28.9 Å². The van der Waals surface area contributed by atoms with Crippen molar-refractivity contribution in [3.8, 4) is 5.75 Å². The Hall–Kier alpha value is -2.96. The van der Waals surface area contributed by atoms with E-state index in [4.69, 9.17) is 0 Å². The first-order valence-corrected chi connectivity index (χ1v) is 7.06. The van der Waals surface area contributed by atoms with Gasteiger partial charge in [-0.25, -0.2) is 4.39 Å². The number of para-hydroxylation sites is 2. The molecule has 0 amide bonds. The fraction of sp³-hybridized carbons (Fsp3) is 0.188. The van der Waals surface area contributed by atoms with Crippen molar-refractivity contribution in [2.24, 2.45) is 5.10 Å². The molecule has 0 radical (unpaired) electrons. The average molecular weight is 315 g/mol. The summed E-state index contributed by atoms with van der Waals surface area (Å²) in [6, 6.07) is 8.62. The zero-order chi connectivity index (χ0) is 16.6. The highest BCUT2D eigenvalue weighted by molar-refractivity contribution is 6.07. The number of phenolic OH excluding ortho intramolecular Hbond substituents is 1. The van der Waals surface area contributed by atoms with Gasteiger partial charge in [0.1, 0.15) is 17.3 Å². The number of hydrogen-bond donors (Lipinski definition) is 2. The number of halogens is 1. The predicted molar refractivity (Wildman–Crippen MR) is 84.4 cm³/mol. The Labute approximate surface area is 131 Å². The minimum absolute atomic E-state index is 0.0474. The number of anilines is 1. The molecule has 1 aliphatic carbocycles. The molecule has 0 fully saturated rings. The highest BCUT2D eigenvalue weighted by Gasteiger charge is 2.30. The molecule has 2 aromatic carbocycles. The Bertz CT molecular complexity index is 820. The van der Waals surface area contributed by atoms with Crippen LogP contribution in [0.4, 0.5) is 15.8 Å². The number of aromatic hydroxyl groups is 1. The largest absolute Gasteiger partial charge is 0.507 e. The Morgan fingerprint density at radius 1 is 1.35 bits per heavy atom. The molecule has 1 atom stereocenters. The van der Waals surface area contributed by atoms with Gasteiger partial charge in [-0.1, -0.05) is 19.1 Å². The smallest absolute Gasteiger partial charge is 0.294 e. The SMILES string of the molecule is C[C@@H]1C/C(=N\Nc2ccccc2[N+](=O)[O-])c2c(O)ccc(F)c21. The Morgan fingerprint density at radius 3 is 2.83 bits per heavy atom. The zero-order valence-corrected chi connectivity index (χ0v) is 12.3. The normalized spacial score (nSPS) is 18.0. The molecule has 2 aromatic rings. The molecule has 6 nitrogen and oxygen atoms in total. The second kappa shape index (κ2) is 5.68. The minimum atomic E-state index is -0.509. The van der Waals surface area contributed by atoms with E-state index in [0.717, 1.165) is 0 Å². The first kappa shape index (κ1) is 15.0. The van der Waals surface area contributed by atoms with E-state index in [9.17, 15) is 19.6 Å². The lowest BCUT2D eigenvalue weighted by Gasteiger charge is -2.07. The van der Waals surface area contributed by atoms with Gasteiger partial charge in [0.25, 0.3) is 5.69 Å². The van der Waals surface area contributed by atoms with E-state index in [1.54, 1.807) is 12.1 Å². The maximum absolute atomic E-state index is 14.0. The number of nitro groups is 1. The van der Waals surface area contributed by atoms with Crippen molar-refractivity contribution in [2.75, 3.05) is 5.43 Å². The van der Waals surface area contributed by atoms with Crippen LogP contribution in [0.1, 0.15) is 30.4 Å². The third-order valence-corrected chi connectivity index (χ3v) is 3.86. The summed E-state index contributed by atoms with van der Waals surface area (Å²) in [6.45, 7) is 1.84. The Kier molecular flexibility index (Phi) is 3.69. The number of hydrogen-bond acceptors (Lipinski definition) is 5. The lowest BCUT2D eigenvalue weighted by molar-refractivity contribution is -0.384. The van der Waals surface area contributed by atoms with Gasteiger partial charge in [-0.2, -0.15) is 5.10 Å². The van der Waals surface area contributed by atoms with Crippen LogP contribution in [0.5, 0.6) is 5.75 Å². The summed E-state index contributed by atoms with van der Waals surface area (Å²) in [4.78, 5) is 10.5. The number of rotatable bonds is 3. The van der Waals surface area contributed by atoms with Crippen molar-refractivity contribution in [1.82, 2.24) is 0 Å². The van der Waals surface area contributed by atoms with Crippen LogP contribution in [0, 0.1) is 15.9 Å². The number of nitrogens with one attached hydrogen (secondary N) is 1. The molecule has 0 bridgehead atoms. The van der Waals surface area contributed by atoms with E-state index >= 15 is 0 Å². The fourth-order valence-corrected chi connectivity index (χ4v) is 2.82. The number of benzene rings is 2. The maximum atomic E-state index is 14.0. The number of nitrogens with zero attached hydrogens (tertiary/aromatic N) is 2. The van der Waals surface area contributed by atoms with E-state index in [0.29, 0.717) is 23.3 Å². The first-order valence-electron chi connectivity index (χ1n) is 7.06. The van der Waals surface area contributed by atoms with Crippen LogP contribution < -0.4 is 5.43 Å². The van der Waals surface area contributed by atoms with Crippen molar-refractivity contribution in [3.05, 3.63) is 63.5 Å². The van der Waals surface area contributed by atoms with Crippen molar-refractivity contribution < 1.29 is 14.4 Å². The summed E-state index contributed by atoms with van der Waals surface area (Å²) in [5, 5.41) is 25.2. The monoisotopic (exact) mass is 315 g/mol. The molecule has 23 heavy (non-hydrogen) atoms. The van der Waals surface area contributed by atoms with Crippen LogP contribution in [0.15, 0.2) is 41.5 Å². The molecule has 0 saturated heterocycles. The Morgan fingerprint density at radius 2 is 2.09 bits per heavy atom. The molecule has 0 heterocycles. The molecule has 7 heteroatoms. The van der Waals surface area contributed by atoms with Gasteiger partial charge in [0.15, 0.2) is 0 Å². The summed E-state index contributed by atoms with van der Waals surface area (Å²) in [6.07, 6.45) is 0.442. The predicted octanol–water partition coefficient (Wildman–Crippen LogP) is 3.76. The van der Waals surface area contributed by atoms with Gasteiger partial charge in [-0.05, 0) is 30.5 Å². The highest BCUT2D eigenvalue weighted by Crippen LogP contribution is 2.39. The van der Waals surface area contributed by atoms with Gasteiger partial charge in [0.05, 0.1) is 10.6 Å². The second-order valence-electron chi connectivity index (χ2n) is 5.40. The molecular weight excluding hydrogens is 301 g/mol. The number of fused-ring (bicyclic) bond motifs is 1. The fourth-order valence-electron chi connectivity index (χ4n) is 2.82. The topological polar surface area (TPSA) is 87.8 Å². The van der Waals surface area contributed by atoms with Crippen molar-refractivity contribution in [2.45, 2.75) is 19.3 Å². The van der Waals surface area contributed by atoms with Crippen LogP contribution in [0.25, 0.3) is 0 Å². The molecule has 0 aromatic heterocycles. The number of hydrazone groups is 1. The van der Waals surface area contributed by atoms with Crippen LogP contribution in [-0.2, 0) is 0 Å². The molecule has 0 unspecified atom stereocenters. The lowest BCUT2D eigenvalue weighted by Crippen LogP contribution is -2.02. The summed E-state index contributed by atoms with van der Waals surface area (Å²) < 4.78 is 14.0. The molecule has 0 aliphatic heterocycles. The van der Waals surface area contributed by atoms with Gasteiger partial charge >= 0.3 is 0 Å². The van der Waals surface area contributed by atoms with E-state index in [2.05, 4.69) is 10.5 Å². The Balaban J connectivity index is 1.99. The van der Waals surface area contributed by atoms with E-state index < -0.39 is 4.92 Å². The lowest BCUT2D eigenvalue weighted by atomic mass is 10.0. The third-order valence-electron chi connectivity index (χ3n) is 3.86. The van der Waals surface area contributed by atoms with Crippen LogP contribution in [-0.4, -0.2) is 15.7 Å². The van der Waals surface area contributed by atoms with Gasteiger partial charge in [0.2, 0.25) is 0 Å². The summed E-state index contributed by atoms with van der Waals surface area (Å²) in [5.74, 6) is -0.557. The maximum Gasteiger partial charge on any atom is 0.294 e. The minimum Gasteiger partial charge on any atom is -0.507 e. The van der Waals surface area contributed by atoms with Crippen LogP contribution >= 0.6 is 0 Å². The van der Waals surface area contributed by atoms with Crippen LogP contribution in [0.3, 0.4) is 0 Å². The molecule has 3 rings (SSSR count). The number of phenols is 1. The van der Waals surface area contributed by atoms with E-state index in [1.165, 1.54) is 24.3 Å². The zero-order valence-electron chi connectivity index (χ0n) is 12.3. The molecule has 118 valence electrons. The summed E-state index contributed by atoms with van der Waals surface area (Å²) in [5.41, 5.74) is 4.05. The van der Waals surface area contributed by atoms with E-state index in [1.807, 2.05) is 6.92 Å². The molecule has 2 N–H and O–H groups in total. The summed E-state index contributed by atoms with van der Waals surface area (Å²) >= 11 is 0. The quantitative estimate of drug-likeness (QED) is 0.667.